The Bertz CT molecular complexity index is 1240. The van der Waals surface area contributed by atoms with Crippen molar-refractivity contribution < 1.29 is 24.2 Å². The molecule has 8 heteroatoms. The van der Waals surface area contributed by atoms with E-state index in [1.165, 1.54) is 16.0 Å². The molecular formula is C29H32BrNO5S. The molecule has 3 aliphatic rings. The number of methoxy groups -OCH3 is 1. The number of phenols is 1. The number of allylic oxidation sites excluding steroid dienone is 1. The van der Waals surface area contributed by atoms with Gasteiger partial charge in [0.25, 0.3) is 0 Å². The van der Waals surface area contributed by atoms with Crippen molar-refractivity contribution in [2.45, 2.75) is 45.3 Å². The van der Waals surface area contributed by atoms with E-state index in [1.54, 1.807) is 24.5 Å². The van der Waals surface area contributed by atoms with Gasteiger partial charge < -0.3 is 14.6 Å². The summed E-state index contributed by atoms with van der Waals surface area (Å²) in [5.74, 6) is -0.643. The van der Waals surface area contributed by atoms with Crippen LogP contribution in [0.25, 0.3) is 6.08 Å². The van der Waals surface area contributed by atoms with Crippen molar-refractivity contribution in [1.29, 1.82) is 0 Å². The molecule has 2 aromatic rings. The molecule has 1 aromatic heterocycles. The van der Waals surface area contributed by atoms with Crippen LogP contribution in [-0.2, 0) is 25.6 Å². The summed E-state index contributed by atoms with van der Waals surface area (Å²) in [5, 5.41) is 12.2. The Kier molecular flexibility index (Phi) is 8.00. The minimum Gasteiger partial charge on any atom is -0.507 e. The predicted molar refractivity (Wildman–Crippen MR) is 147 cm³/mol. The van der Waals surface area contributed by atoms with Gasteiger partial charge in [0.05, 0.1) is 37.7 Å². The average Bonchev–Trinajstić information content (AvgIpc) is 3.61. The smallest absolute Gasteiger partial charge is 0.234 e. The number of ether oxygens (including phenoxy) is 2. The van der Waals surface area contributed by atoms with E-state index in [-0.39, 0.29) is 41.4 Å². The molecule has 2 amide bonds. The molecule has 2 fully saturated rings. The summed E-state index contributed by atoms with van der Waals surface area (Å²) in [6.07, 6.45) is 4.96. The van der Waals surface area contributed by atoms with Crippen molar-refractivity contribution in [2.75, 3.05) is 20.3 Å². The fourth-order valence-electron chi connectivity index (χ4n) is 6.09. The van der Waals surface area contributed by atoms with Crippen LogP contribution in [0.15, 0.2) is 56.9 Å². The summed E-state index contributed by atoms with van der Waals surface area (Å²) >= 11 is 5.04. The lowest BCUT2D eigenvalue weighted by atomic mass is 9.69. The summed E-state index contributed by atoms with van der Waals surface area (Å²) in [6.45, 7) is 3.37. The molecule has 3 heterocycles. The van der Waals surface area contributed by atoms with E-state index in [0.29, 0.717) is 26.2 Å². The second-order valence-electron chi connectivity index (χ2n) is 10.00. The molecular weight excluding hydrogens is 554 g/mol. The monoisotopic (exact) mass is 585 g/mol. The van der Waals surface area contributed by atoms with Gasteiger partial charge in [0.15, 0.2) is 0 Å². The van der Waals surface area contributed by atoms with Crippen LogP contribution in [0.4, 0.5) is 0 Å². The third kappa shape index (κ3) is 5.21. The van der Waals surface area contributed by atoms with E-state index in [2.05, 4.69) is 28.9 Å². The molecule has 196 valence electrons. The molecule has 0 bridgehead atoms. The first-order valence-corrected chi connectivity index (χ1v) is 14.5. The number of hydrogen-bond acceptors (Lipinski definition) is 6. The zero-order chi connectivity index (χ0) is 26.1. The highest BCUT2D eigenvalue weighted by atomic mass is 79.9. The third-order valence-corrected chi connectivity index (χ3v) is 9.20. The number of carbonyl (C=O) groups excluding carboxylic acids is 2. The Labute approximate surface area is 230 Å². The van der Waals surface area contributed by atoms with Crippen LogP contribution < -0.4 is 0 Å². The first-order valence-electron chi connectivity index (χ1n) is 12.8. The van der Waals surface area contributed by atoms with Crippen LogP contribution in [0.1, 0.15) is 43.0 Å². The van der Waals surface area contributed by atoms with Gasteiger partial charge >= 0.3 is 0 Å². The molecule has 0 radical (unpaired) electrons. The van der Waals surface area contributed by atoms with E-state index in [4.69, 9.17) is 9.47 Å². The van der Waals surface area contributed by atoms with Crippen LogP contribution in [0.3, 0.4) is 0 Å². The lowest BCUT2D eigenvalue weighted by molar-refractivity contribution is -0.140. The van der Waals surface area contributed by atoms with Gasteiger partial charge in [0.1, 0.15) is 5.75 Å². The number of aromatic hydroxyl groups is 1. The maximum Gasteiger partial charge on any atom is 0.234 e. The van der Waals surface area contributed by atoms with Crippen molar-refractivity contribution in [3.05, 3.63) is 67.3 Å². The molecule has 1 aliphatic carbocycles. The molecule has 6 nitrogen and oxygen atoms in total. The molecule has 4 atom stereocenters. The minimum atomic E-state index is -0.354. The van der Waals surface area contributed by atoms with Gasteiger partial charge in [-0.2, -0.15) is 0 Å². The topological polar surface area (TPSA) is 76.1 Å². The SMILES string of the molecule is CC/C(=C\c1cc(Br)ccc1O)CC[C@H]1OC[C@H]2C1=C(COC)C[C@H]1C(=O)N(Cc3cccs3)C(=O)[C@H]12. The zero-order valence-corrected chi connectivity index (χ0v) is 23.5. The van der Waals surface area contributed by atoms with Crippen LogP contribution in [0.2, 0.25) is 0 Å². The van der Waals surface area contributed by atoms with E-state index >= 15 is 0 Å². The summed E-state index contributed by atoms with van der Waals surface area (Å²) in [6, 6.07) is 9.34. The minimum absolute atomic E-state index is 0.0640. The number of likely N-dealkylation sites (tertiary alicyclic amines) is 1. The molecule has 2 aliphatic heterocycles. The highest BCUT2D eigenvalue weighted by Crippen LogP contribution is 2.50. The number of amides is 2. The standard InChI is InChI=1S/C29H32BrNO5S/c1-3-17(11-18-12-20(30)7-8-24(18)32)6-9-25-26-19(15-35-2)13-22-27(23(26)16-36-25)29(34)31(28(22)33)14-21-5-4-10-37-21/h4-5,7-8,10-12,22-23,25,27,32H,3,6,9,13-16H2,1-2H3/b17-11+/t22-,23+,25-,27-/m1/s1. The molecule has 1 N–H and O–H groups in total. The highest BCUT2D eigenvalue weighted by Gasteiger charge is 2.56. The largest absolute Gasteiger partial charge is 0.507 e. The number of hydrogen-bond donors (Lipinski definition) is 1. The van der Waals surface area contributed by atoms with Crippen LogP contribution in [0, 0.1) is 17.8 Å². The molecule has 5 rings (SSSR count). The van der Waals surface area contributed by atoms with Crippen molar-refractivity contribution in [3.8, 4) is 5.75 Å². The molecule has 0 spiro atoms. The number of imide groups is 1. The van der Waals surface area contributed by atoms with Crippen molar-refractivity contribution in [1.82, 2.24) is 4.90 Å². The fraction of sp³-hybridized carbons (Fsp3) is 0.448. The quantitative estimate of drug-likeness (QED) is 0.290. The van der Waals surface area contributed by atoms with Crippen molar-refractivity contribution in [2.24, 2.45) is 17.8 Å². The number of nitrogens with zero attached hydrogens (tertiary/aromatic N) is 1. The number of rotatable bonds is 9. The lowest BCUT2D eigenvalue weighted by Gasteiger charge is -2.31. The molecule has 0 saturated carbocycles. The molecule has 0 unspecified atom stereocenters. The molecule has 2 saturated heterocycles. The number of carbonyl (C=O) groups is 2. The van der Waals surface area contributed by atoms with Gasteiger partial charge in [-0.25, -0.2) is 0 Å². The number of fused-ring (bicyclic) bond motifs is 3. The van der Waals surface area contributed by atoms with Gasteiger partial charge in [-0.05, 0) is 66.5 Å². The summed E-state index contributed by atoms with van der Waals surface area (Å²) in [5.41, 5.74) is 4.29. The number of phenolic OH excluding ortho intramolecular Hbond substituents is 1. The second-order valence-corrected chi connectivity index (χ2v) is 11.9. The lowest BCUT2D eigenvalue weighted by Crippen LogP contribution is -2.35. The Morgan fingerprint density at radius 3 is 2.84 bits per heavy atom. The van der Waals surface area contributed by atoms with Gasteiger partial charge in [-0.3, -0.25) is 14.5 Å². The van der Waals surface area contributed by atoms with Gasteiger partial charge in [-0.15, -0.1) is 11.3 Å². The van der Waals surface area contributed by atoms with Crippen LogP contribution in [-0.4, -0.2) is 48.2 Å². The number of benzene rings is 1. The summed E-state index contributed by atoms with van der Waals surface area (Å²) < 4.78 is 12.8. The van der Waals surface area contributed by atoms with Crippen LogP contribution in [0.5, 0.6) is 5.75 Å². The molecule has 37 heavy (non-hydrogen) atoms. The Morgan fingerprint density at radius 2 is 2.11 bits per heavy atom. The Hall–Kier alpha value is -2.26. The Morgan fingerprint density at radius 1 is 1.27 bits per heavy atom. The highest BCUT2D eigenvalue weighted by molar-refractivity contribution is 9.10. The van der Waals surface area contributed by atoms with E-state index in [9.17, 15) is 14.7 Å². The fourth-order valence-corrected chi connectivity index (χ4v) is 7.16. The molecule has 1 aromatic carbocycles. The number of halogens is 1. The maximum atomic E-state index is 13.5. The van der Waals surface area contributed by atoms with E-state index < -0.39 is 0 Å². The normalized spacial score (nSPS) is 25.7. The van der Waals surface area contributed by atoms with Gasteiger partial charge in [0.2, 0.25) is 11.8 Å². The summed E-state index contributed by atoms with van der Waals surface area (Å²) in [4.78, 5) is 29.4. The van der Waals surface area contributed by atoms with Crippen molar-refractivity contribution in [3.63, 3.8) is 0 Å². The Balaban J connectivity index is 1.36. The van der Waals surface area contributed by atoms with Crippen molar-refractivity contribution >= 4 is 45.2 Å². The van der Waals surface area contributed by atoms with Crippen LogP contribution >= 0.6 is 27.3 Å². The third-order valence-electron chi connectivity index (χ3n) is 7.84. The average molecular weight is 587 g/mol. The van der Waals surface area contributed by atoms with E-state index in [0.717, 1.165) is 39.7 Å². The number of thiophene rings is 1. The summed E-state index contributed by atoms with van der Waals surface area (Å²) in [7, 11) is 1.67. The second kappa shape index (κ2) is 11.2. The first kappa shape index (κ1) is 26.4. The maximum absolute atomic E-state index is 13.5. The van der Waals surface area contributed by atoms with E-state index in [1.807, 2.05) is 29.6 Å². The van der Waals surface area contributed by atoms with Gasteiger partial charge in [0, 0.05) is 27.9 Å². The first-order chi connectivity index (χ1) is 17.9. The predicted octanol–water partition coefficient (Wildman–Crippen LogP) is 5.95. The zero-order valence-electron chi connectivity index (χ0n) is 21.1. The van der Waals surface area contributed by atoms with Gasteiger partial charge in [-0.1, -0.05) is 40.6 Å².